The minimum absolute atomic E-state index is 0.00304. The van der Waals surface area contributed by atoms with Crippen LogP contribution in [0.15, 0.2) is 59.1 Å². The van der Waals surface area contributed by atoms with Gasteiger partial charge in [0.2, 0.25) is 5.91 Å². The van der Waals surface area contributed by atoms with Crippen molar-refractivity contribution in [2.75, 3.05) is 6.61 Å². The van der Waals surface area contributed by atoms with Gasteiger partial charge in [0.25, 0.3) is 5.91 Å². The second-order valence-electron chi connectivity index (χ2n) is 8.40. The number of rotatable bonds is 10. The van der Waals surface area contributed by atoms with E-state index in [1.54, 1.807) is 23.1 Å². The van der Waals surface area contributed by atoms with Crippen molar-refractivity contribution in [1.82, 2.24) is 10.2 Å². The number of benzene rings is 3. The van der Waals surface area contributed by atoms with E-state index < -0.39 is 6.04 Å². The van der Waals surface area contributed by atoms with E-state index in [2.05, 4.69) is 21.2 Å². The van der Waals surface area contributed by atoms with Gasteiger partial charge in [0, 0.05) is 12.6 Å². The minimum atomic E-state index is -0.658. The number of carbonyl (C=O) groups is 2. The fourth-order valence-electron chi connectivity index (χ4n) is 3.74. The highest BCUT2D eigenvalue weighted by molar-refractivity contribution is 9.10. The Morgan fingerprint density at radius 2 is 1.77 bits per heavy atom. The summed E-state index contributed by atoms with van der Waals surface area (Å²) < 4.78 is 6.71. The van der Waals surface area contributed by atoms with E-state index in [-0.39, 0.29) is 31.0 Å². The number of fused-ring (bicyclic) bond motifs is 1. The summed E-state index contributed by atoms with van der Waals surface area (Å²) in [7, 11) is 0. The lowest BCUT2D eigenvalue weighted by Gasteiger charge is -2.31. The third-order valence-corrected chi connectivity index (χ3v) is 7.46. The van der Waals surface area contributed by atoms with Crippen LogP contribution in [0.1, 0.15) is 39.2 Å². The fourth-order valence-corrected chi connectivity index (χ4v) is 4.67. The summed E-state index contributed by atoms with van der Waals surface area (Å²) in [6.45, 7) is 5.81. The lowest BCUT2D eigenvalue weighted by atomic mass is 10.1. The van der Waals surface area contributed by atoms with Crippen LogP contribution in [0.5, 0.6) is 5.75 Å². The summed E-state index contributed by atoms with van der Waals surface area (Å²) in [6, 6.07) is 16.2. The highest BCUT2D eigenvalue weighted by Crippen LogP contribution is 2.33. The zero-order valence-electron chi connectivity index (χ0n) is 20.0. The van der Waals surface area contributed by atoms with Gasteiger partial charge in [-0.05, 0) is 70.2 Å². The number of nitrogens with one attached hydrogen (secondary N) is 1. The van der Waals surface area contributed by atoms with E-state index in [1.807, 2.05) is 57.2 Å². The van der Waals surface area contributed by atoms with Gasteiger partial charge < -0.3 is 15.0 Å². The monoisotopic (exact) mass is 578 g/mol. The quantitative estimate of drug-likeness (QED) is 0.281. The zero-order valence-corrected chi connectivity index (χ0v) is 23.1. The molecule has 35 heavy (non-hydrogen) atoms. The molecule has 0 unspecified atom stereocenters. The van der Waals surface area contributed by atoms with E-state index in [1.165, 1.54) is 0 Å². The molecule has 8 heteroatoms. The molecule has 0 aromatic heterocycles. The van der Waals surface area contributed by atoms with Crippen LogP contribution in [0.25, 0.3) is 10.8 Å². The molecule has 3 aromatic carbocycles. The topological polar surface area (TPSA) is 58.6 Å². The van der Waals surface area contributed by atoms with Crippen LogP contribution in [0, 0.1) is 0 Å². The first-order valence-corrected chi connectivity index (χ1v) is 13.1. The predicted molar refractivity (Wildman–Crippen MR) is 146 cm³/mol. The molecule has 2 atom stereocenters. The SMILES string of the molecule is CC[C@H](C(=O)N[C@@H](C)CC)N(Cc1ccc(Cl)c(Cl)c1)C(=O)COc1ccc2ccccc2c1Br. The van der Waals surface area contributed by atoms with E-state index in [9.17, 15) is 9.59 Å². The van der Waals surface area contributed by atoms with Crippen molar-refractivity contribution in [3.8, 4) is 5.75 Å². The predicted octanol–water partition coefficient (Wildman–Crippen LogP) is 7.01. The molecule has 0 radical (unpaired) electrons. The first-order valence-electron chi connectivity index (χ1n) is 11.6. The summed E-state index contributed by atoms with van der Waals surface area (Å²) in [5.41, 5.74) is 0.773. The average molecular weight is 580 g/mol. The van der Waals surface area contributed by atoms with Crippen LogP contribution in [-0.2, 0) is 16.1 Å². The lowest BCUT2D eigenvalue weighted by molar-refractivity contribution is -0.143. The average Bonchev–Trinajstić information content (AvgIpc) is 2.85. The Balaban J connectivity index is 1.85. The highest BCUT2D eigenvalue weighted by atomic mass is 79.9. The second kappa shape index (κ2) is 12.6. The molecule has 0 saturated heterocycles. The molecular weight excluding hydrogens is 551 g/mol. The Labute approximate surface area is 224 Å². The fraction of sp³-hybridized carbons (Fsp3) is 0.333. The molecule has 0 aliphatic rings. The molecule has 0 bridgehead atoms. The Kier molecular flexibility index (Phi) is 9.84. The summed E-state index contributed by atoms with van der Waals surface area (Å²) in [4.78, 5) is 28.1. The summed E-state index contributed by atoms with van der Waals surface area (Å²) in [5.74, 6) is 0.0630. The van der Waals surface area contributed by atoms with E-state index >= 15 is 0 Å². The molecule has 0 heterocycles. The highest BCUT2D eigenvalue weighted by Gasteiger charge is 2.29. The van der Waals surface area contributed by atoms with Gasteiger partial charge in [-0.2, -0.15) is 0 Å². The summed E-state index contributed by atoms with van der Waals surface area (Å²) in [6.07, 6.45) is 1.25. The molecule has 0 aliphatic carbocycles. The standard InChI is InChI=1S/C27H29BrCl2N2O3/c1-4-17(3)31-27(34)23(5-2)32(15-18-10-12-21(29)22(30)14-18)25(33)16-35-24-13-11-19-8-6-7-9-20(19)26(24)28/h6-14,17,23H,4-5,15-16H2,1-3H3,(H,31,34)/t17-,23+/m0/s1. The van der Waals surface area contributed by atoms with E-state index in [0.717, 1.165) is 27.2 Å². The molecule has 5 nitrogen and oxygen atoms in total. The van der Waals surface area contributed by atoms with Crippen LogP contribution in [0.4, 0.5) is 0 Å². The molecule has 1 N–H and O–H groups in total. The van der Waals surface area contributed by atoms with Gasteiger partial charge >= 0.3 is 0 Å². The number of amides is 2. The van der Waals surface area contributed by atoms with Crippen LogP contribution in [0.2, 0.25) is 10.0 Å². The van der Waals surface area contributed by atoms with Gasteiger partial charge in [-0.3, -0.25) is 9.59 Å². The lowest BCUT2D eigenvalue weighted by Crippen LogP contribution is -2.51. The van der Waals surface area contributed by atoms with Gasteiger partial charge in [0.1, 0.15) is 11.8 Å². The molecule has 186 valence electrons. The number of hydrogen-bond donors (Lipinski definition) is 1. The maximum atomic E-state index is 13.5. The molecule has 0 aliphatic heterocycles. The third-order valence-electron chi connectivity index (χ3n) is 5.90. The Bertz CT molecular complexity index is 1200. The molecule has 3 rings (SSSR count). The number of ether oxygens (including phenoxy) is 1. The van der Waals surface area contributed by atoms with Crippen LogP contribution in [0.3, 0.4) is 0 Å². The van der Waals surface area contributed by atoms with Gasteiger partial charge in [-0.1, -0.05) is 73.4 Å². The first kappa shape index (κ1) is 27.3. The Hall–Kier alpha value is -2.28. The Morgan fingerprint density at radius 1 is 1.03 bits per heavy atom. The summed E-state index contributed by atoms with van der Waals surface area (Å²) in [5, 5.41) is 5.87. The molecule has 0 fully saturated rings. The van der Waals surface area contributed by atoms with Crippen LogP contribution < -0.4 is 10.1 Å². The summed E-state index contributed by atoms with van der Waals surface area (Å²) >= 11 is 15.9. The van der Waals surface area contributed by atoms with Crippen molar-refractivity contribution in [3.05, 3.63) is 74.7 Å². The Morgan fingerprint density at radius 3 is 2.46 bits per heavy atom. The molecule has 0 saturated carbocycles. The van der Waals surface area contributed by atoms with Crippen molar-refractivity contribution in [1.29, 1.82) is 0 Å². The van der Waals surface area contributed by atoms with Gasteiger partial charge in [0.05, 0.1) is 14.5 Å². The molecule has 3 aromatic rings. The smallest absolute Gasteiger partial charge is 0.261 e. The maximum Gasteiger partial charge on any atom is 0.261 e. The maximum absolute atomic E-state index is 13.5. The molecule has 0 spiro atoms. The normalized spacial score (nSPS) is 12.7. The van der Waals surface area contributed by atoms with Gasteiger partial charge in [0.15, 0.2) is 6.61 Å². The van der Waals surface area contributed by atoms with Gasteiger partial charge in [-0.25, -0.2) is 0 Å². The van der Waals surface area contributed by atoms with Crippen molar-refractivity contribution in [2.45, 2.75) is 52.2 Å². The number of halogens is 3. The first-order chi connectivity index (χ1) is 16.7. The number of hydrogen-bond acceptors (Lipinski definition) is 3. The van der Waals surface area contributed by atoms with E-state index in [4.69, 9.17) is 27.9 Å². The minimum Gasteiger partial charge on any atom is -0.483 e. The number of carbonyl (C=O) groups excluding carboxylic acids is 2. The van der Waals surface area contributed by atoms with Crippen molar-refractivity contribution in [3.63, 3.8) is 0 Å². The third kappa shape index (κ3) is 6.90. The zero-order chi connectivity index (χ0) is 25.5. The van der Waals surface area contributed by atoms with Crippen LogP contribution >= 0.6 is 39.1 Å². The second-order valence-corrected chi connectivity index (χ2v) is 10.0. The van der Waals surface area contributed by atoms with Crippen molar-refractivity contribution in [2.24, 2.45) is 0 Å². The van der Waals surface area contributed by atoms with Crippen molar-refractivity contribution < 1.29 is 14.3 Å². The largest absolute Gasteiger partial charge is 0.483 e. The van der Waals surface area contributed by atoms with Gasteiger partial charge in [-0.15, -0.1) is 0 Å². The number of nitrogens with zero attached hydrogens (tertiary/aromatic N) is 1. The molecule has 2 amide bonds. The van der Waals surface area contributed by atoms with Crippen LogP contribution in [-0.4, -0.2) is 35.4 Å². The van der Waals surface area contributed by atoms with E-state index in [0.29, 0.717) is 22.2 Å². The molecular formula is C27H29BrCl2N2O3. The van der Waals surface area contributed by atoms with Crippen molar-refractivity contribution >= 4 is 61.7 Å².